The third-order valence-corrected chi connectivity index (χ3v) is 9.97. The minimum absolute atomic E-state index is 0.0951. The lowest BCUT2D eigenvalue weighted by Crippen LogP contribution is -2.48. The Morgan fingerprint density at radius 1 is 1.04 bits per heavy atom. The van der Waals surface area contributed by atoms with Crippen molar-refractivity contribution in [2.45, 2.75) is 90.5 Å². The number of benzene rings is 1. The van der Waals surface area contributed by atoms with E-state index in [1.54, 1.807) is 23.6 Å². The third-order valence-electron chi connectivity index (χ3n) is 9.97. The van der Waals surface area contributed by atoms with Gasteiger partial charge in [0.1, 0.15) is 12.4 Å². The van der Waals surface area contributed by atoms with Crippen LogP contribution in [-0.4, -0.2) is 79.8 Å². The van der Waals surface area contributed by atoms with Gasteiger partial charge in [-0.2, -0.15) is 0 Å². The minimum Gasteiger partial charge on any atom is -0.481 e. The first-order chi connectivity index (χ1) is 22.5. The molecule has 6 heterocycles. The van der Waals surface area contributed by atoms with Crippen LogP contribution < -0.4 is 10.3 Å². The van der Waals surface area contributed by atoms with Crippen molar-refractivity contribution >= 4 is 28.9 Å². The van der Waals surface area contributed by atoms with Crippen LogP contribution in [0.2, 0.25) is 0 Å². The van der Waals surface area contributed by atoms with Crippen molar-refractivity contribution in [3.05, 3.63) is 56.9 Å². The minimum atomic E-state index is -1.86. The van der Waals surface area contributed by atoms with E-state index in [1.807, 2.05) is 17.0 Å². The number of amides is 1. The molecular formula is C35H42N4O8. The number of piperidine rings is 2. The van der Waals surface area contributed by atoms with E-state index >= 15 is 0 Å². The summed E-state index contributed by atoms with van der Waals surface area (Å²) in [5, 5.41) is 19.5. The molecule has 2 saturated heterocycles. The van der Waals surface area contributed by atoms with Gasteiger partial charge in [-0.05, 0) is 81.4 Å². The van der Waals surface area contributed by atoms with Gasteiger partial charge in [-0.15, -0.1) is 0 Å². The number of aliphatic carboxylic acids is 1. The number of carboxylic acids is 1. The molecule has 0 bridgehead atoms. The number of aliphatic hydroxyl groups is 1. The summed E-state index contributed by atoms with van der Waals surface area (Å²) in [5.41, 5.74) is 2.38. The van der Waals surface area contributed by atoms with E-state index in [9.17, 15) is 19.5 Å². The predicted octanol–water partition coefficient (Wildman–Crippen LogP) is 4.18. The number of carbonyl (C=O) groups excluding carboxylic acids is 2. The molecule has 3 aromatic rings. The van der Waals surface area contributed by atoms with E-state index in [0.29, 0.717) is 60.4 Å². The molecule has 0 spiro atoms. The standard InChI is InChI=1S/C33H38N4O6.C2H4O2/c1-3-22-23-16-21(43-32(40)36-14-10-20(11-15-36)35-12-6-5-7-13-35)8-9-27(23)34-29-24(22)18-37-28(29)17-26-25(30(37)38)19-42-31(39)33(26,41)4-2;1-2(3)4/h8-9,16-17,20,41H,3-7,10-15,18-19H2,1-2H3;1H3,(H,3,4)/t33-;/m0./s1. The number of aromatic nitrogens is 2. The molecule has 7 rings (SSSR count). The molecule has 1 atom stereocenters. The number of nitrogens with zero attached hydrogens (tertiary/aromatic N) is 4. The van der Waals surface area contributed by atoms with E-state index in [2.05, 4.69) is 11.8 Å². The fourth-order valence-electron chi connectivity index (χ4n) is 7.47. The zero-order valence-corrected chi connectivity index (χ0v) is 27.2. The van der Waals surface area contributed by atoms with Gasteiger partial charge in [-0.3, -0.25) is 9.59 Å². The Bertz CT molecular complexity index is 1780. The van der Waals surface area contributed by atoms with Crippen molar-refractivity contribution in [3.8, 4) is 17.1 Å². The summed E-state index contributed by atoms with van der Waals surface area (Å²) in [6, 6.07) is 7.77. The van der Waals surface area contributed by atoms with Gasteiger partial charge >= 0.3 is 12.1 Å². The van der Waals surface area contributed by atoms with Gasteiger partial charge in [0.25, 0.3) is 11.5 Å². The number of pyridine rings is 2. The Kier molecular flexibility index (Phi) is 9.08. The van der Waals surface area contributed by atoms with Crippen LogP contribution in [0.15, 0.2) is 29.1 Å². The number of carboxylic acid groups (broad SMARTS) is 1. The molecule has 0 radical (unpaired) electrons. The van der Waals surface area contributed by atoms with Gasteiger partial charge < -0.3 is 34.1 Å². The summed E-state index contributed by atoms with van der Waals surface area (Å²) in [5.74, 6) is -1.10. The number of esters is 1. The maximum absolute atomic E-state index is 13.6. The van der Waals surface area contributed by atoms with Gasteiger partial charge in [0.2, 0.25) is 0 Å². The Hall–Kier alpha value is -4.29. The van der Waals surface area contributed by atoms with Crippen molar-refractivity contribution in [1.82, 2.24) is 19.4 Å². The first-order valence-electron chi connectivity index (χ1n) is 16.6. The van der Waals surface area contributed by atoms with Crippen LogP contribution in [-0.2, 0) is 39.5 Å². The lowest BCUT2D eigenvalue weighted by molar-refractivity contribution is -0.172. The Morgan fingerprint density at radius 2 is 1.74 bits per heavy atom. The van der Waals surface area contributed by atoms with Crippen LogP contribution in [0.3, 0.4) is 0 Å². The summed E-state index contributed by atoms with van der Waals surface area (Å²) in [6.07, 6.45) is 6.26. The molecule has 0 unspecified atom stereocenters. The number of hydrogen-bond donors (Lipinski definition) is 2. The van der Waals surface area contributed by atoms with Crippen molar-refractivity contribution in [3.63, 3.8) is 0 Å². The maximum Gasteiger partial charge on any atom is 0.415 e. The lowest BCUT2D eigenvalue weighted by Gasteiger charge is -2.39. The molecule has 2 N–H and O–H groups in total. The number of carbonyl (C=O) groups is 3. The first-order valence-corrected chi connectivity index (χ1v) is 16.6. The maximum atomic E-state index is 13.6. The second-order valence-electron chi connectivity index (χ2n) is 12.8. The molecule has 0 aliphatic carbocycles. The second kappa shape index (κ2) is 13.1. The highest BCUT2D eigenvalue weighted by Gasteiger charge is 2.45. The number of hydrogen-bond acceptors (Lipinski definition) is 9. The van der Waals surface area contributed by atoms with Crippen LogP contribution in [0.25, 0.3) is 22.3 Å². The van der Waals surface area contributed by atoms with Crippen molar-refractivity contribution in [2.24, 2.45) is 0 Å². The van der Waals surface area contributed by atoms with Gasteiger partial charge in [-0.1, -0.05) is 20.3 Å². The molecule has 47 heavy (non-hydrogen) atoms. The second-order valence-corrected chi connectivity index (χ2v) is 12.8. The summed E-state index contributed by atoms with van der Waals surface area (Å²) >= 11 is 0. The quantitative estimate of drug-likeness (QED) is 0.309. The summed E-state index contributed by atoms with van der Waals surface area (Å²) in [6.45, 7) is 8.73. The molecule has 1 amide bonds. The van der Waals surface area contributed by atoms with Gasteiger partial charge in [0.15, 0.2) is 5.60 Å². The predicted molar refractivity (Wildman–Crippen MR) is 173 cm³/mol. The molecular weight excluding hydrogens is 604 g/mol. The number of cyclic esters (lactones) is 1. The van der Waals surface area contributed by atoms with Crippen LogP contribution in [0.4, 0.5) is 4.79 Å². The molecule has 2 aromatic heterocycles. The smallest absolute Gasteiger partial charge is 0.415 e. The van der Waals surface area contributed by atoms with Crippen molar-refractivity contribution in [1.29, 1.82) is 0 Å². The number of ether oxygens (including phenoxy) is 2. The van der Waals surface area contributed by atoms with Crippen LogP contribution >= 0.6 is 0 Å². The van der Waals surface area contributed by atoms with Crippen LogP contribution in [0, 0.1) is 0 Å². The highest BCUT2D eigenvalue weighted by Crippen LogP contribution is 2.41. The number of aryl methyl sites for hydroxylation is 1. The highest BCUT2D eigenvalue weighted by atomic mass is 16.6. The highest BCUT2D eigenvalue weighted by molar-refractivity contribution is 5.90. The van der Waals surface area contributed by atoms with E-state index in [4.69, 9.17) is 24.4 Å². The molecule has 250 valence electrons. The Labute approximate surface area is 272 Å². The lowest BCUT2D eigenvalue weighted by atomic mass is 9.86. The van der Waals surface area contributed by atoms with Gasteiger partial charge in [0.05, 0.1) is 29.0 Å². The summed E-state index contributed by atoms with van der Waals surface area (Å²) in [7, 11) is 0. The monoisotopic (exact) mass is 646 g/mol. The third kappa shape index (κ3) is 6.00. The van der Waals surface area contributed by atoms with Crippen molar-refractivity contribution in [2.75, 3.05) is 26.2 Å². The molecule has 0 saturated carbocycles. The van der Waals surface area contributed by atoms with E-state index in [1.165, 1.54) is 32.4 Å². The topological polar surface area (TPSA) is 152 Å². The fourth-order valence-corrected chi connectivity index (χ4v) is 7.47. The summed E-state index contributed by atoms with van der Waals surface area (Å²) in [4.78, 5) is 57.5. The van der Waals surface area contributed by atoms with Crippen molar-refractivity contribution < 1.29 is 34.1 Å². The van der Waals surface area contributed by atoms with Gasteiger partial charge in [0, 0.05) is 42.6 Å². The SMILES string of the molecule is CC(=O)O.CCc1c2c(nc3ccc(OC(=O)N4CCC(N5CCCCC5)CC4)cc13)-c1cc3c(c(=O)n1C2)COC(=O)[C@]3(O)CC. The summed E-state index contributed by atoms with van der Waals surface area (Å²) < 4.78 is 12.7. The molecule has 1 aromatic carbocycles. The van der Waals surface area contributed by atoms with Gasteiger partial charge in [-0.25, -0.2) is 14.6 Å². The number of likely N-dealkylation sites (tertiary alicyclic amines) is 2. The molecule has 12 nitrogen and oxygen atoms in total. The van der Waals surface area contributed by atoms with E-state index in [0.717, 1.165) is 41.8 Å². The first kappa shape index (κ1) is 32.6. The largest absolute Gasteiger partial charge is 0.481 e. The van der Waals surface area contributed by atoms with E-state index < -0.39 is 17.5 Å². The van der Waals surface area contributed by atoms with E-state index in [-0.39, 0.29) is 24.7 Å². The molecule has 12 heteroatoms. The molecule has 4 aliphatic rings. The Morgan fingerprint density at radius 3 is 2.40 bits per heavy atom. The number of rotatable bonds is 4. The average Bonchev–Trinajstić information content (AvgIpc) is 3.44. The number of fused-ring (bicyclic) bond motifs is 5. The average molecular weight is 647 g/mol. The zero-order valence-electron chi connectivity index (χ0n) is 27.2. The molecule has 2 fully saturated rings. The fraction of sp³-hybridized carbons (Fsp3) is 0.514. The normalized spacial score (nSPS) is 20.9. The van der Waals surface area contributed by atoms with Crippen LogP contribution in [0.5, 0.6) is 5.75 Å². The Balaban J connectivity index is 0.000000915. The molecule has 4 aliphatic heterocycles. The van der Waals surface area contributed by atoms with Crippen LogP contribution in [0.1, 0.15) is 81.5 Å². The zero-order chi connectivity index (χ0) is 33.5.